The topological polar surface area (TPSA) is 101 Å². The fraction of sp³-hybridized carbons (Fsp3) is 0.211. The first-order valence-electron chi connectivity index (χ1n) is 7.85. The molecule has 0 unspecified atom stereocenters. The maximum absolute atomic E-state index is 11.8. The number of ether oxygens (including phenoxy) is 1. The Morgan fingerprint density at radius 2 is 2.20 bits per heavy atom. The lowest BCUT2D eigenvalue weighted by Crippen LogP contribution is -2.34. The van der Waals surface area contributed by atoms with Crippen molar-refractivity contribution in [3.8, 4) is 17.7 Å². The lowest BCUT2D eigenvalue weighted by atomic mass is 10.0. The minimum atomic E-state index is -0.548. The Hall–Kier alpha value is -3.17. The van der Waals surface area contributed by atoms with E-state index < -0.39 is 6.04 Å². The largest absolute Gasteiger partial charge is 0.438 e. The van der Waals surface area contributed by atoms with Crippen molar-refractivity contribution in [1.29, 1.82) is 5.26 Å². The summed E-state index contributed by atoms with van der Waals surface area (Å²) in [4.78, 5) is 16.0. The molecule has 6 heteroatoms. The molecule has 0 saturated heterocycles. The minimum absolute atomic E-state index is 0.255. The van der Waals surface area contributed by atoms with Crippen LogP contribution in [0.25, 0.3) is 5.57 Å². The number of nitrogens with one attached hydrogen (secondary N) is 1. The predicted octanol–water partition coefficient (Wildman–Crippen LogP) is 3.45. The molecule has 2 aromatic rings. The third kappa shape index (κ3) is 4.66. The van der Waals surface area contributed by atoms with Crippen LogP contribution < -0.4 is 15.8 Å². The van der Waals surface area contributed by atoms with Gasteiger partial charge in [-0.2, -0.15) is 5.26 Å². The average Bonchev–Trinajstić information content (AvgIpc) is 2.62. The van der Waals surface area contributed by atoms with Crippen LogP contribution in [0, 0.1) is 11.3 Å². The van der Waals surface area contributed by atoms with Crippen LogP contribution in [0.3, 0.4) is 0 Å². The molecule has 0 spiro atoms. The molecule has 1 heterocycles. The Labute approximate surface area is 146 Å². The molecule has 0 bridgehead atoms. The van der Waals surface area contributed by atoms with Gasteiger partial charge in [-0.3, -0.25) is 4.79 Å². The smallest absolute Gasteiger partial charge is 0.241 e. The highest BCUT2D eigenvalue weighted by atomic mass is 16.5. The number of allylic oxidation sites excluding steroid dienone is 1. The summed E-state index contributed by atoms with van der Waals surface area (Å²) in [6.45, 7) is 7.59. The summed E-state index contributed by atoms with van der Waals surface area (Å²) in [6, 6.07) is 9.97. The number of pyridine rings is 1. The molecule has 3 N–H and O–H groups in total. The average molecular weight is 336 g/mol. The lowest BCUT2D eigenvalue weighted by molar-refractivity contribution is -0.117. The van der Waals surface area contributed by atoms with Crippen molar-refractivity contribution in [2.75, 3.05) is 5.32 Å². The zero-order valence-electron chi connectivity index (χ0n) is 14.2. The molecule has 0 aliphatic heterocycles. The van der Waals surface area contributed by atoms with Gasteiger partial charge in [-0.05, 0) is 43.2 Å². The summed E-state index contributed by atoms with van der Waals surface area (Å²) in [5.74, 6) is 0.670. The fourth-order valence-electron chi connectivity index (χ4n) is 2.07. The Balaban J connectivity index is 2.15. The van der Waals surface area contributed by atoms with Gasteiger partial charge < -0.3 is 15.8 Å². The zero-order valence-corrected chi connectivity index (χ0v) is 14.2. The van der Waals surface area contributed by atoms with Gasteiger partial charge in [0.15, 0.2) is 0 Å². The maximum atomic E-state index is 11.8. The lowest BCUT2D eigenvalue weighted by Gasteiger charge is -2.12. The number of hydrogen-bond acceptors (Lipinski definition) is 5. The Kier molecular flexibility index (Phi) is 5.88. The van der Waals surface area contributed by atoms with Crippen molar-refractivity contribution >= 4 is 17.2 Å². The van der Waals surface area contributed by atoms with Crippen LogP contribution in [-0.2, 0) is 4.79 Å². The minimum Gasteiger partial charge on any atom is -0.438 e. The number of aromatic nitrogens is 1. The predicted molar refractivity (Wildman–Crippen MR) is 97.1 cm³/mol. The molecule has 2 rings (SSSR count). The van der Waals surface area contributed by atoms with Crippen molar-refractivity contribution < 1.29 is 9.53 Å². The second-order valence-electron chi connectivity index (χ2n) is 5.59. The second kappa shape index (κ2) is 8.08. The van der Waals surface area contributed by atoms with Gasteiger partial charge in [0, 0.05) is 11.6 Å². The molecular formula is C19H20N4O2. The number of nitrogens with two attached hydrogens (primary N) is 1. The molecule has 0 aliphatic carbocycles. The number of nitriles is 1. The molecular weight excluding hydrogens is 316 g/mol. The highest BCUT2D eigenvalue weighted by Gasteiger charge is 2.12. The highest BCUT2D eigenvalue weighted by molar-refractivity contribution is 5.94. The van der Waals surface area contributed by atoms with E-state index in [4.69, 9.17) is 15.7 Å². The molecule has 0 aliphatic rings. The van der Waals surface area contributed by atoms with Gasteiger partial charge in [-0.1, -0.05) is 13.5 Å². The first-order chi connectivity index (χ1) is 11.9. The molecule has 0 saturated carbocycles. The molecule has 1 atom stereocenters. The van der Waals surface area contributed by atoms with Crippen molar-refractivity contribution in [1.82, 2.24) is 4.98 Å². The van der Waals surface area contributed by atoms with Crippen LogP contribution in [-0.4, -0.2) is 16.9 Å². The Morgan fingerprint density at radius 1 is 1.44 bits per heavy atom. The van der Waals surface area contributed by atoms with E-state index in [1.807, 2.05) is 13.8 Å². The Bertz CT molecular complexity index is 822. The molecule has 6 nitrogen and oxygen atoms in total. The van der Waals surface area contributed by atoms with Gasteiger partial charge >= 0.3 is 0 Å². The van der Waals surface area contributed by atoms with Crippen LogP contribution in [0.15, 0.2) is 43.1 Å². The van der Waals surface area contributed by atoms with Crippen LogP contribution in [0.5, 0.6) is 11.6 Å². The van der Waals surface area contributed by atoms with Crippen LogP contribution >= 0.6 is 0 Å². The molecule has 0 fully saturated rings. The summed E-state index contributed by atoms with van der Waals surface area (Å²) < 4.78 is 5.78. The number of hydrogen-bond donors (Lipinski definition) is 2. The molecule has 1 aromatic heterocycles. The van der Waals surface area contributed by atoms with Gasteiger partial charge in [0.2, 0.25) is 11.8 Å². The van der Waals surface area contributed by atoms with Gasteiger partial charge in [-0.25, -0.2) is 4.98 Å². The maximum Gasteiger partial charge on any atom is 0.241 e. The number of anilines is 1. The van der Waals surface area contributed by atoms with Crippen LogP contribution in [0.1, 0.15) is 31.4 Å². The quantitative estimate of drug-likeness (QED) is 0.841. The summed E-state index contributed by atoms with van der Waals surface area (Å²) in [6.07, 6.45) is 2.06. The van der Waals surface area contributed by atoms with E-state index in [1.165, 1.54) is 6.20 Å². The van der Waals surface area contributed by atoms with E-state index in [1.54, 1.807) is 30.3 Å². The van der Waals surface area contributed by atoms with Gasteiger partial charge in [0.05, 0.1) is 29.6 Å². The monoisotopic (exact) mass is 336 g/mol. The van der Waals surface area contributed by atoms with Crippen LogP contribution in [0.2, 0.25) is 0 Å². The van der Waals surface area contributed by atoms with Crippen molar-refractivity contribution in [3.05, 3.63) is 54.2 Å². The summed E-state index contributed by atoms with van der Waals surface area (Å²) in [5.41, 5.74) is 8.28. The normalized spacial score (nSPS) is 11.3. The van der Waals surface area contributed by atoms with Crippen molar-refractivity contribution in [2.45, 2.75) is 26.3 Å². The molecule has 128 valence electrons. The van der Waals surface area contributed by atoms with E-state index in [9.17, 15) is 4.79 Å². The SMILES string of the molecule is C=C(C)c1cc(C#N)ccc1Oc1ccc(NC(=O)[C@H](N)CC)cn1. The van der Waals surface area contributed by atoms with Gasteiger partial charge in [-0.15, -0.1) is 0 Å². The number of rotatable bonds is 6. The Morgan fingerprint density at radius 3 is 2.76 bits per heavy atom. The van der Waals surface area contributed by atoms with E-state index in [-0.39, 0.29) is 5.91 Å². The van der Waals surface area contributed by atoms with Crippen molar-refractivity contribution in [3.63, 3.8) is 0 Å². The first kappa shape index (κ1) is 18.2. The number of amides is 1. The first-order valence-corrected chi connectivity index (χ1v) is 7.85. The molecule has 0 radical (unpaired) electrons. The number of carbonyl (C=O) groups is 1. The summed E-state index contributed by atoms with van der Waals surface area (Å²) in [5, 5.41) is 11.7. The number of carbonyl (C=O) groups excluding carboxylic acids is 1. The third-order valence-electron chi connectivity index (χ3n) is 3.56. The van der Waals surface area contributed by atoms with E-state index in [2.05, 4.69) is 22.9 Å². The second-order valence-corrected chi connectivity index (χ2v) is 5.59. The number of benzene rings is 1. The summed E-state index contributed by atoms with van der Waals surface area (Å²) >= 11 is 0. The zero-order chi connectivity index (χ0) is 18.4. The standard InChI is InChI=1S/C19H20N4O2/c1-4-16(21)19(24)23-14-6-8-18(22-11-14)25-17-7-5-13(10-20)9-15(17)12(2)3/h5-9,11,16H,2,4,21H2,1,3H3,(H,23,24)/t16-/m1/s1. The molecule has 1 amide bonds. The van der Waals surface area contributed by atoms with Crippen molar-refractivity contribution in [2.24, 2.45) is 5.73 Å². The van der Waals surface area contributed by atoms with E-state index in [0.29, 0.717) is 29.3 Å². The molecule has 1 aromatic carbocycles. The van der Waals surface area contributed by atoms with E-state index >= 15 is 0 Å². The van der Waals surface area contributed by atoms with E-state index in [0.717, 1.165) is 11.1 Å². The third-order valence-corrected chi connectivity index (χ3v) is 3.56. The fourth-order valence-corrected chi connectivity index (χ4v) is 2.07. The highest BCUT2D eigenvalue weighted by Crippen LogP contribution is 2.30. The van der Waals surface area contributed by atoms with Gasteiger partial charge in [0.1, 0.15) is 5.75 Å². The molecule has 25 heavy (non-hydrogen) atoms. The summed E-state index contributed by atoms with van der Waals surface area (Å²) in [7, 11) is 0. The van der Waals surface area contributed by atoms with Crippen LogP contribution in [0.4, 0.5) is 5.69 Å². The number of nitrogens with zero attached hydrogens (tertiary/aromatic N) is 2. The van der Waals surface area contributed by atoms with Gasteiger partial charge in [0.25, 0.3) is 0 Å².